The Hall–Kier alpha value is 0.730. The molecule has 0 saturated heterocycles. The molecule has 0 heterocycles. The third kappa shape index (κ3) is 7.77. The van der Waals surface area contributed by atoms with Gasteiger partial charge >= 0.3 is 0 Å². The molecule has 1 heteroatoms. The number of alkyl halides is 1. The lowest BCUT2D eigenvalue weighted by atomic mass is 9.85. The van der Waals surface area contributed by atoms with E-state index in [1.165, 1.54) is 30.1 Å². The van der Waals surface area contributed by atoms with Crippen molar-refractivity contribution in [1.29, 1.82) is 0 Å². The Morgan fingerprint density at radius 3 is 1.92 bits per heavy atom. The van der Waals surface area contributed by atoms with Gasteiger partial charge < -0.3 is 0 Å². The van der Waals surface area contributed by atoms with Crippen LogP contribution in [0, 0.1) is 17.8 Å². The molecule has 0 nitrogen and oxygen atoms in total. The number of hydrogen-bond donors (Lipinski definition) is 0. The molecule has 0 aliphatic rings. The highest BCUT2D eigenvalue weighted by molar-refractivity contribution is 14.1. The minimum absolute atomic E-state index is 0.876. The van der Waals surface area contributed by atoms with Crippen LogP contribution in [0.15, 0.2) is 0 Å². The van der Waals surface area contributed by atoms with E-state index in [2.05, 4.69) is 50.3 Å². The summed E-state index contributed by atoms with van der Waals surface area (Å²) in [6.07, 6.45) is 5.69. The van der Waals surface area contributed by atoms with Crippen LogP contribution >= 0.6 is 22.6 Å². The molecule has 0 saturated carbocycles. The average molecular weight is 296 g/mol. The fourth-order valence-corrected chi connectivity index (χ4v) is 2.14. The molecule has 1 unspecified atom stereocenters. The molecule has 80 valence electrons. The first kappa shape index (κ1) is 13.7. The quantitative estimate of drug-likeness (QED) is 0.462. The van der Waals surface area contributed by atoms with E-state index in [9.17, 15) is 0 Å². The molecule has 0 aliphatic carbocycles. The molecule has 0 aliphatic heterocycles. The molecular formula is C12H25I. The van der Waals surface area contributed by atoms with Gasteiger partial charge in [0.2, 0.25) is 0 Å². The summed E-state index contributed by atoms with van der Waals surface area (Å²) >= 11 is 2.49. The van der Waals surface area contributed by atoms with Gasteiger partial charge in [-0.15, -0.1) is 0 Å². The van der Waals surface area contributed by atoms with Crippen molar-refractivity contribution in [2.24, 2.45) is 17.8 Å². The molecule has 13 heavy (non-hydrogen) atoms. The van der Waals surface area contributed by atoms with Crippen LogP contribution in [0.2, 0.25) is 0 Å². The Morgan fingerprint density at radius 1 is 0.923 bits per heavy atom. The Balaban J connectivity index is 3.67. The van der Waals surface area contributed by atoms with Crippen molar-refractivity contribution < 1.29 is 0 Å². The van der Waals surface area contributed by atoms with Gasteiger partial charge in [0.05, 0.1) is 0 Å². The van der Waals surface area contributed by atoms with Gasteiger partial charge in [0.1, 0.15) is 0 Å². The maximum atomic E-state index is 2.49. The van der Waals surface area contributed by atoms with Crippen LogP contribution in [0.3, 0.4) is 0 Å². The van der Waals surface area contributed by atoms with Crippen molar-refractivity contribution in [3.63, 3.8) is 0 Å². The van der Waals surface area contributed by atoms with E-state index in [0.29, 0.717) is 0 Å². The average Bonchev–Trinajstić information content (AvgIpc) is 2.03. The third-order valence-corrected chi connectivity index (χ3v) is 3.53. The summed E-state index contributed by atoms with van der Waals surface area (Å²) < 4.78 is 1.32. The maximum absolute atomic E-state index is 2.49. The predicted molar refractivity (Wildman–Crippen MR) is 70.5 cm³/mol. The normalized spacial score (nSPS) is 14.1. The predicted octanol–water partition coefficient (Wildman–Crippen LogP) is 4.91. The molecule has 0 rings (SSSR count). The third-order valence-electron chi connectivity index (χ3n) is 2.77. The first-order valence-electron chi connectivity index (χ1n) is 5.63. The van der Waals surface area contributed by atoms with Gasteiger partial charge in [-0.05, 0) is 41.4 Å². The van der Waals surface area contributed by atoms with Gasteiger partial charge in [0, 0.05) is 0 Å². The second-order valence-corrected chi connectivity index (χ2v) is 5.89. The van der Waals surface area contributed by atoms with Gasteiger partial charge in [-0.2, -0.15) is 0 Å². The van der Waals surface area contributed by atoms with Gasteiger partial charge in [-0.25, -0.2) is 0 Å². The van der Waals surface area contributed by atoms with Crippen molar-refractivity contribution >= 4 is 22.6 Å². The van der Waals surface area contributed by atoms with Crippen LogP contribution in [0.4, 0.5) is 0 Å². The second kappa shape index (κ2) is 8.07. The van der Waals surface area contributed by atoms with Crippen LogP contribution in [-0.2, 0) is 0 Å². The van der Waals surface area contributed by atoms with Gasteiger partial charge in [0.15, 0.2) is 0 Å². The first-order chi connectivity index (χ1) is 6.07. The van der Waals surface area contributed by atoms with Crippen LogP contribution < -0.4 is 0 Å². The van der Waals surface area contributed by atoms with E-state index >= 15 is 0 Å². The zero-order chi connectivity index (χ0) is 10.3. The highest BCUT2D eigenvalue weighted by Crippen LogP contribution is 2.24. The molecule has 0 aromatic rings. The van der Waals surface area contributed by atoms with Crippen molar-refractivity contribution in [1.82, 2.24) is 0 Å². The number of rotatable bonds is 7. The standard InChI is InChI=1S/C12H25I/c1-10(2)7-8-12(11(3)4)6-5-9-13/h10-12H,5-9H2,1-4H3. The van der Waals surface area contributed by atoms with Crippen molar-refractivity contribution in [3.05, 3.63) is 0 Å². The van der Waals surface area contributed by atoms with Crippen LogP contribution in [0.1, 0.15) is 53.4 Å². The van der Waals surface area contributed by atoms with Crippen molar-refractivity contribution in [3.8, 4) is 0 Å². The highest BCUT2D eigenvalue weighted by Gasteiger charge is 2.12. The van der Waals surface area contributed by atoms with E-state index < -0.39 is 0 Å². The van der Waals surface area contributed by atoms with Gasteiger partial charge in [0.25, 0.3) is 0 Å². The molecule has 0 aromatic carbocycles. The lowest BCUT2D eigenvalue weighted by molar-refractivity contribution is 0.311. The SMILES string of the molecule is CC(C)CCC(CCCI)C(C)C. The lowest BCUT2D eigenvalue weighted by Gasteiger charge is -2.21. The fraction of sp³-hybridized carbons (Fsp3) is 1.00. The monoisotopic (exact) mass is 296 g/mol. The number of hydrogen-bond acceptors (Lipinski definition) is 0. The summed E-state index contributed by atoms with van der Waals surface area (Å²) in [6.45, 7) is 9.40. The molecule has 0 spiro atoms. The zero-order valence-corrected chi connectivity index (χ0v) is 11.8. The Kier molecular flexibility index (Phi) is 8.53. The number of halogens is 1. The summed E-state index contributed by atoms with van der Waals surface area (Å²) in [5.41, 5.74) is 0. The smallest absolute Gasteiger partial charge is 0.000462 e. The van der Waals surface area contributed by atoms with E-state index in [4.69, 9.17) is 0 Å². The topological polar surface area (TPSA) is 0 Å². The molecule has 0 aromatic heterocycles. The van der Waals surface area contributed by atoms with Crippen LogP contribution in [-0.4, -0.2) is 4.43 Å². The van der Waals surface area contributed by atoms with Crippen LogP contribution in [0.5, 0.6) is 0 Å². The molecule has 0 N–H and O–H groups in total. The van der Waals surface area contributed by atoms with E-state index in [-0.39, 0.29) is 0 Å². The molecule has 0 radical (unpaired) electrons. The van der Waals surface area contributed by atoms with E-state index in [1.807, 2.05) is 0 Å². The summed E-state index contributed by atoms with van der Waals surface area (Å²) in [7, 11) is 0. The molecule has 0 fully saturated rings. The van der Waals surface area contributed by atoms with Gasteiger partial charge in [-0.3, -0.25) is 0 Å². The van der Waals surface area contributed by atoms with E-state index in [0.717, 1.165) is 17.8 Å². The van der Waals surface area contributed by atoms with Gasteiger partial charge in [-0.1, -0.05) is 56.7 Å². The Bertz CT molecular complexity index is 108. The summed E-state index contributed by atoms with van der Waals surface area (Å²) in [5, 5.41) is 0. The van der Waals surface area contributed by atoms with E-state index in [1.54, 1.807) is 0 Å². The minimum atomic E-state index is 0.876. The maximum Gasteiger partial charge on any atom is -0.000462 e. The molecule has 0 amide bonds. The second-order valence-electron chi connectivity index (χ2n) is 4.81. The molecule has 0 bridgehead atoms. The summed E-state index contributed by atoms with van der Waals surface area (Å²) in [6, 6.07) is 0. The first-order valence-corrected chi connectivity index (χ1v) is 7.16. The zero-order valence-electron chi connectivity index (χ0n) is 9.65. The Labute approximate surface area is 98.0 Å². The molecular weight excluding hydrogens is 271 g/mol. The highest BCUT2D eigenvalue weighted by atomic mass is 127. The summed E-state index contributed by atoms with van der Waals surface area (Å²) in [4.78, 5) is 0. The van der Waals surface area contributed by atoms with Crippen LogP contribution in [0.25, 0.3) is 0 Å². The summed E-state index contributed by atoms with van der Waals surface area (Å²) in [5.74, 6) is 2.72. The molecule has 1 atom stereocenters. The van der Waals surface area contributed by atoms with Crippen molar-refractivity contribution in [2.75, 3.05) is 4.43 Å². The minimum Gasteiger partial charge on any atom is -0.0864 e. The fourth-order valence-electron chi connectivity index (χ4n) is 1.70. The lowest BCUT2D eigenvalue weighted by Crippen LogP contribution is -2.10. The van der Waals surface area contributed by atoms with Crippen molar-refractivity contribution in [2.45, 2.75) is 53.4 Å². The largest absolute Gasteiger partial charge is 0.0864 e. The Morgan fingerprint density at radius 2 is 1.54 bits per heavy atom.